The molecule has 2 aromatic carbocycles. The zero-order valence-electron chi connectivity index (χ0n) is 17.6. The second kappa shape index (κ2) is 8.94. The van der Waals surface area contributed by atoms with Gasteiger partial charge in [-0.05, 0) is 30.3 Å². The summed E-state index contributed by atoms with van der Waals surface area (Å²) in [5.41, 5.74) is 2.20. The molecule has 1 aliphatic rings. The van der Waals surface area contributed by atoms with E-state index in [0.717, 1.165) is 6.07 Å². The Bertz CT molecular complexity index is 1250. The molecule has 3 aromatic rings. The van der Waals surface area contributed by atoms with Gasteiger partial charge in [0.05, 0.1) is 23.3 Å². The third-order valence-corrected chi connectivity index (χ3v) is 5.49. The van der Waals surface area contributed by atoms with Gasteiger partial charge < -0.3 is 9.47 Å². The van der Waals surface area contributed by atoms with Crippen molar-refractivity contribution < 1.29 is 27.0 Å². The number of methoxy groups -OCH3 is 1. The molecule has 0 amide bonds. The van der Waals surface area contributed by atoms with Crippen LogP contribution in [0.15, 0.2) is 59.7 Å². The highest BCUT2D eigenvalue weighted by atomic mass is 35.5. The van der Waals surface area contributed by atoms with E-state index in [9.17, 15) is 13.2 Å². The van der Waals surface area contributed by atoms with Gasteiger partial charge in [0.15, 0.2) is 5.84 Å². The van der Waals surface area contributed by atoms with Gasteiger partial charge in [-0.3, -0.25) is 5.01 Å². The van der Waals surface area contributed by atoms with E-state index >= 15 is 4.39 Å². The molecule has 0 saturated carbocycles. The van der Waals surface area contributed by atoms with Gasteiger partial charge >= 0.3 is 12.0 Å². The topological polar surface area (TPSA) is 59.0 Å². The Balaban J connectivity index is 1.87. The molecule has 0 radical (unpaired) electrons. The van der Waals surface area contributed by atoms with Crippen LogP contribution in [0, 0.1) is 5.82 Å². The average molecular weight is 515 g/mol. The minimum absolute atomic E-state index is 0.0421. The van der Waals surface area contributed by atoms with Gasteiger partial charge in [-0.25, -0.2) is 9.37 Å². The molecule has 1 N–H and O–H groups in total. The van der Waals surface area contributed by atoms with Crippen LogP contribution < -0.4 is 14.9 Å². The van der Waals surface area contributed by atoms with Crippen molar-refractivity contribution in [2.24, 2.45) is 4.99 Å². The molecule has 1 atom stereocenters. The molecule has 178 valence electrons. The molecule has 12 heteroatoms. The Morgan fingerprint density at radius 1 is 1.06 bits per heavy atom. The number of hydrogen-bond acceptors (Lipinski definition) is 6. The average Bonchev–Trinajstić information content (AvgIpc) is 3.11. The smallest absolute Gasteiger partial charge is 0.417 e. The maximum absolute atomic E-state index is 15.0. The first-order chi connectivity index (χ1) is 16.0. The molecule has 1 aliphatic heterocycles. The quantitative estimate of drug-likeness (QED) is 0.446. The van der Waals surface area contributed by atoms with Gasteiger partial charge in [0, 0.05) is 18.8 Å². The first kappa shape index (κ1) is 24.1. The van der Waals surface area contributed by atoms with Crippen LogP contribution >= 0.6 is 23.2 Å². The molecule has 0 bridgehead atoms. The molecule has 2 heterocycles. The van der Waals surface area contributed by atoms with Gasteiger partial charge in [-0.1, -0.05) is 41.4 Å². The molecular formula is C22H16Cl2F4N4O2. The van der Waals surface area contributed by atoms with Gasteiger partial charge in [0.2, 0.25) is 5.88 Å². The third kappa shape index (κ3) is 4.48. The van der Waals surface area contributed by atoms with E-state index in [1.165, 1.54) is 24.3 Å². The highest BCUT2D eigenvalue weighted by Crippen LogP contribution is 2.40. The first-order valence-electron chi connectivity index (χ1n) is 9.66. The van der Waals surface area contributed by atoms with Crippen molar-refractivity contribution in [2.75, 3.05) is 14.2 Å². The molecule has 6 nitrogen and oxygen atoms in total. The molecule has 0 aliphatic carbocycles. The van der Waals surface area contributed by atoms with E-state index in [0.29, 0.717) is 29.4 Å². The van der Waals surface area contributed by atoms with Crippen molar-refractivity contribution in [3.05, 3.63) is 87.3 Å². The van der Waals surface area contributed by atoms with Crippen molar-refractivity contribution in [3.8, 4) is 11.6 Å². The predicted octanol–water partition coefficient (Wildman–Crippen LogP) is 5.64. The first-order valence-corrected chi connectivity index (χ1v) is 10.4. The lowest BCUT2D eigenvalue weighted by atomic mass is 10.1. The lowest BCUT2D eigenvalue weighted by Gasteiger charge is -2.29. The molecule has 1 unspecified atom stereocenters. The predicted molar refractivity (Wildman–Crippen MR) is 118 cm³/mol. The molecule has 0 spiro atoms. The fourth-order valence-electron chi connectivity index (χ4n) is 3.38. The van der Waals surface area contributed by atoms with Crippen molar-refractivity contribution in [1.29, 1.82) is 0 Å². The number of aromatic nitrogens is 1. The largest absolute Gasteiger partial charge is 0.497 e. The summed E-state index contributed by atoms with van der Waals surface area (Å²) >= 11 is 12.4. The summed E-state index contributed by atoms with van der Waals surface area (Å²) in [6.07, 6.45) is -4.10. The number of hydrazine groups is 1. The number of amidine groups is 1. The summed E-state index contributed by atoms with van der Waals surface area (Å²) in [5.74, 6) is -2.37. The Labute approximate surface area is 201 Å². The van der Waals surface area contributed by atoms with Crippen molar-refractivity contribution in [2.45, 2.75) is 12.0 Å². The Kier molecular flexibility index (Phi) is 6.32. The number of halogens is 6. The third-order valence-electron chi connectivity index (χ3n) is 4.91. The van der Waals surface area contributed by atoms with E-state index in [1.54, 1.807) is 31.3 Å². The number of aliphatic imine (C=N–C) groups is 1. The maximum Gasteiger partial charge on any atom is 0.417 e. The summed E-state index contributed by atoms with van der Waals surface area (Å²) < 4.78 is 65.3. The summed E-state index contributed by atoms with van der Waals surface area (Å²) in [4.78, 5) is 8.25. The van der Waals surface area contributed by atoms with Crippen LogP contribution in [0.1, 0.15) is 16.7 Å². The number of pyridine rings is 1. The van der Waals surface area contributed by atoms with Crippen molar-refractivity contribution in [1.82, 2.24) is 15.4 Å². The van der Waals surface area contributed by atoms with Crippen LogP contribution in [0.3, 0.4) is 0 Å². The summed E-state index contributed by atoms with van der Waals surface area (Å²) in [7, 11) is 3.10. The van der Waals surface area contributed by atoms with Crippen molar-refractivity contribution in [3.63, 3.8) is 0 Å². The van der Waals surface area contributed by atoms with Gasteiger partial charge in [0.25, 0.3) is 0 Å². The molecule has 0 fully saturated rings. The number of alkyl halides is 3. The van der Waals surface area contributed by atoms with E-state index < -0.39 is 34.3 Å². The van der Waals surface area contributed by atoms with E-state index in [2.05, 4.69) is 15.4 Å². The van der Waals surface area contributed by atoms with Crippen LogP contribution in [0.25, 0.3) is 0 Å². The van der Waals surface area contributed by atoms with Crippen LogP contribution in [0.5, 0.6) is 11.6 Å². The second-order valence-corrected chi connectivity index (χ2v) is 8.00. The minimum Gasteiger partial charge on any atom is -0.497 e. The molecule has 34 heavy (non-hydrogen) atoms. The fourth-order valence-corrected chi connectivity index (χ4v) is 3.87. The van der Waals surface area contributed by atoms with Crippen LogP contribution in [0.2, 0.25) is 10.0 Å². The minimum atomic E-state index is -4.66. The van der Waals surface area contributed by atoms with Gasteiger partial charge in [0.1, 0.15) is 16.6 Å². The van der Waals surface area contributed by atoms with E-state index in [4.69, 9.17) is 32.7 Å². The highest BCUT2D eigenvalue weighted by Gasteiger charge is 2.47. The SMILES string of the molecule is COc1cccc(C2=NC(Oc3ncc(C(F)(F)F)cc3Cl)(c3c(F)cccc3Cl)NN2C)c1. The summed E-state index contributed by atoms with van der Waals surface area (Å²) in [6, 6.07) is 11.5. The molecule has 0 saturated heterocycles. The Hall–Kier alpha value is -3.08. The highest BCUT2D eigenvalue weighted by molar-refractivity contribution is 6.32. The van der Waals surface area contributed by atoms with Gasteiger partial charge in [-0.2, -0.15) is 23.6 Å². The Morgan fingerprint density at radius 2 is 1.79 bits per heavy atom. The molecule has 1 aromatic heterocycles. The normalized spacial score (nSPS) is 18.1. The van der Waals surface area contributed by atoms with Crippen molar-refractivity contribution >= 4 is 29.0 Å². The standard InChI is InChI=1S/C22H16Cl2F4N4O2/c1-32-19(12-5-3-6-14(9-12)33-2)30-22(31-32,18-15(23)7-4-8-17(18)25)34-20-16(24)10-13(11-29-20)21(26,27)28/h3-11,31H,1-2H3. The van der Waals surface area contributed by atoms with Crippen LogP contribution in [-0.2, 0) is 12.0 Å². The van der Waals surface area contributed by atoms with Crippen LogP contribution in [0.4, 0.5) is 17.6 Å². The number of ether oxygens (including phenoxy) is 2. The molecular weight excluding hydrogens is 499 g/mol. The number of rotatable bonds is 5. The zero-order valence-corrected chi connectivity index (χ0v) is 19.1. The van der Waals surface area contributed by atoms with Crippen LogP contribution in [-0.4, -0.2) is 30.0 Å². The molecule has 4 rings (SSSR count). The fraction of sp³-hybridized carbons (Fsp3) is 0.182. The lowest BCUT2D eigenvalue weighted by molar-refractivity contribution is -0.137. The number of hydrogen-bond donors (Lipinski definition) is 1. The number of nitrogens with zero attached hydrogens (tertiary/aromatic N) is 3. The Morgan fingerprint density at radius 3 is 2.44 bits per heavy atom. The van der Waals surface area contributed by atoms with E-state index in [1.807, 2.05) is 0 Å². The monoisotopic (exact) mass is 514 g/mol. The number of nitrogens with one attached hydrogen (secondary N) is 1. The summed E-state index contributed by atoms with van der Waals surface area (Å²) in [6.45, 7) is 0. The second-order valence-electron chi connectivity index (χ2n) is 7.19. The zero-order chi connectivity index (χ0) is 24.7. The lowest BCUT2D eigenvalue weighted by Crippen LogP contribution is -2.49. The maximum atomic E-state index is 15.0. The van der Waals surface area contributed by atoms with Gasteiger partial charge in [-0.15, -0.1) is 0 Å². The van der Waals surface area contributed by atoms with E-state index in [-0.39, 0.29) is 10.6 Å². The summed E-state index contributed by atoms with van der Waals surface area (Å²) in [5, 5.41) is 0.964. The number of benzene rings is 2.